The number of H-pyrrole nitrogens is 1. The number of carboxylic acid groups (broad SMARTS) is 1. The number of aromatic carboxylic acids is 1. The number of hydrogen-bond acceptors (Lipinski definition) is 4. The number of rotatable bonds is 5. The summed E-state index contributed by atoms with van der Waals surface area (Å²) in [4.78, 5) is 10.9. The van der Waals surface area contributed by atoms with Crippen LogP contribution in [0.4, 0.5) is 5.82 Å². The summed E-state index contributed by atoms with van der Waals surface area (Å²) in [6.07, 6.45) is 2.15. The second-order valence-electron chi connectivity index (χ2n) is 4.51. The molecule has 2 rings (SSSR count). The van der Waals surface area contributed by atoms with Crippen molar-refractivity contribution in [2.24, 2.45) is 0 Å². The summed E-state index contributed by atoms with van der Waals surface area (Å²) in [5.74, 6) is -0.889. The van der Waals surface area contributed by atoms with Crippen LogP contribution in [0.15, 0.2) is 29.3 Å². The summed E-state index contributed by atoms with van der Waals surface area (Å²) in [5, 5.41) is 15.3. The van der Waals surface area contributed by atoms with Gasteiger partial charge in [-0.2, -0.15) is 5.10 Å². The Hall–Kier alpha value is -2.35. The second kappa shape index (κ2) is 5.57. The molecule has 21 heavy (non-hydrogen) atoms. The minimum Gasteiger partial charge on any atom is -0.478 e. The number of nitrogens with one attached hydrogen (secondary N) is 2. The highest BCUT2D eigenvalue weighted by Gasteiger charge is 2.20. The van der Waals surface area contributed by atoms with Crippen molar-refractivity contribution in [1.29, 1.82) is 0 Å². The predicted octanol–water partition coefficient (Wildman–Crippen LogP) is 1.78. The summed E-state index contributed by atoms with van der Waals surface area (Å²) in [5.41, 5.74) is 1.11. The number of hydrogen-bond donors (Lipinski definition) is 3. The Morgan fingerprint density at radius 3 is 2.76 bits per heavy atom. The van der Waals surface area contributed by atoms with Crippen LogP contribution in [0.3, 0.4) is 0 Å². The van der Waals surface area contributed by atoms with E-state index in [9.17, 15) is 13.2 Å². The van der Waals surface area contributed by atoms with Gasteiger partial charge in [0, 0.05) is 5.56 Å². The van der Waals surface area contributed by atoms with Crippen LogP contribution in [0, 0.1) is 6.92 Å². The second-order valence-corrected chi connectivity index (χ2v) is 6.17. The molecule has 112 valence electrons. The molecular weight excluding hydrogens is 294 g/mol. The highest BCUT2D eigenvalue weighted by molar-refractivity contribution is 7.92. The summed E-state index contributed by atoms with van der Waals surface area (Å²) in [6, 6.07) is 3.97. The molecule has 7 nitrogen and oxygen atoms in total. The van der Waals surface area contributed by atoms with E-state index in [2.05, 4.69) is 14.9 Å². The van der Waals surface area contributed by atoms with E-state index < -0.39 is 16.0 Å². The third-order valence-electron chi connectivity index (χ3n) is 3.06. The van der Waals surface area contributed by atoms with Crippen LogP contribution < -0.4 is 4.72 Å². The molecule has 1 aromatic heterocycles. The van der Waals surface area contributed by atoms with Crippen LogP contribution in [0.25, 0.3) is 0 Å². The first-order valence-corrected chi connectivity index (χ1v) is 7.72. The lowest BCUT2D eigenvalue weighted by molar-refractivity contribution is 0.0696. The molecule has 0 radical (unpaired) electrons. The molecule has 0 atom stereocenters. The lowest BCUT2D eigenvalue weighted by Gasteiger charge is -2.10. The van der Waals surface area contributed by atoms with Crippen molar-refractivity contribution in [2.45, 2.75) is 25.2 Å². The van der Waals surface area contributed by atoms with Crippen LogP contribution in [-0.2, 0) is 16.4 Å². The van der Waals surface area contributed by atoms with Gasteiger partial charge in [0.15, 0.2) is 0 Å². The molecule has 1 aromatic carbocycles. The standard InChI is InChI=1S/C13H15N3O4S/c1-3-9-7-14-15-12(9)16-21(19,20)11-6-10(13(17)18)5-4-8(11)2/h4-7H,3H2,1-2H3,(H,17,18)(H2,14,15,16). The maximum atomic E-state index is 12.4. The first-order valence-electron chi connectivity index (χ1n) is 6.24. The fraction of sp³-hybridized carbons (Fsp3) is 0.231. The lowest BCUT2D eigenvalue weighted by atomic mass is 10.1. The summed E-state index contributed by atoms with van der Waals surface area (Å²) in [6.45, 7) is 3.48. The highest BCUT2D eigenvalue weighted by atomic mass is 32.2. The third-order valence-corrected chi connectivity index (χ3v) is 4.55. The van der Waals surface area contributed by atoms with Crippen LogP contribution in [0.1, 0.15) is 28.4 Å². The van der Waals surface area contributed by atoms with Gasteiger partial charge in [0.2, 0.25) is 0 Å². The van der Waals surface area contributed by atoms with E-state index in [4.69, 9.17) is 5.11 Å². The Morgan fingerprint density at radius 2 is 2.14 bits per heavy atom. The van der Waals surface area contributed by atoms with Crippen molar-refractivity contribution in [3.8, 4) is 0 Å². The van der Waals surface area contributed by atoms with E-state index >= 15 is 0 Å². The monoisotopic (exact) mass is 309 g/mol. The fourth-order valence-electron chi connectivity index (χ4n) is 1.88. The van der Waals surface area contributed by atoms with E-state index in [0.29, 0.717) is 12.0 Å². The Kier molecular flexibility index (Phi) is 3.99. The van der Waals surface area contributed by atoms with Crippen molar-refractivity contribution in [2.75, 3.05) is 4.72 Å². The molecule has 0 spiro atoms. The molecular formula is C13H15N3O4S. The number of carbonyl (C=O) groups is 1. The number of nitrogens with zero attached hydrogens (tertiary/aromatic N) is 1. The van der Waals surface area contributed by atoms with Gasteiger partial charge in [-0.1, -0.05) is 13.0 Å². The number of carboxylic acids is 1. The molecule has 0 aliphatic heterocycles. The number of sulfonamides is 1. The first kappa shape index (κ1) is 15.0. The maximum Gasteiger partial charge on any atom is 0.335 e. The van der Waals surface area contributed by atoms with E-state index in [-0.39, 0.29) is 16.3 Å². The minimum absolute atomic E-state index is 0.0703. The largest absolute Gasteiger partial charge is 0.478 e. The van der Waals surface area contributed by atoms with Gasteiger partial charge in [0.25, 0.3) is 10.0 Å². The minimum atomic E-state index is -3.89. The van der Waals surface area contributed by atoms with E-state index in [0.717, 1.165) is 11.6 Å². The smallest absolute Gasteiger partial charge is 0.335 e. The first-order chi connectivity index (χ1) is 9.85. The Bertz CT molecular complexity index is 780. The molecule has 0 bridgehead atoms. The quantitative estimate of drug-likeness (QED) is 0.779. The van der Waals surface area contributed by atoms with Crippen LogP contribution >= 0.6 is 0 Å². The van der Waals surface area contributed by atoms with Gasteiger partial charge in [-0.15, -0.1) is 0 Å². The fourth-order valence-corrected chi connectivity index (χ4v) is 3.21. The van der Waals surface area contributed by atoms with Crippen LogP contribution in [0.5, 0.6) is 0 Å². The zero-order valence-electron chi connectivity index (χ0n) is 11.5. The molecule has 0 saturated carbocycles. The molecule has 8 heteroatoms. The number of aryl methyl sites for hydroxylation is 2. The maximum absolute atomic E-state index is 12.4. The summed E-state index contributed by atoms with van der Waals surface area (Å²) >= 11 is 0. The van der Waals surface area contributed by atoms with Gasteiger partial charge in [-0.3, -0.25) is 9.82 Å². The zero-order chi connectivity index (χ0) is 15.6. The SMILES string of the molecule is CCc1cn[nH]c1NS(=O)(=O)c1cc(C(=O)O)ccc1C. The average Bonchev–Trinajstić information content (AvgIpc) is 2.85. The Balaban J connectivity index is 2.44. The Labute approximate surface area is 122 Å². The summed E-state index contributed by atoms with van der Waals surface area (Å²) < 4.78 is 27.2. The molecule has 0 unspecified atom stereocenters. The molecule has 0 aliphatic carbocycles. The van der Waals surface area contributed by atoms with Crippen LogP contribution in [0.2, 0.25) is 0 Å². The van der Waals surface area contributed by atoms with Crippen molar-refractivity contribution < 1.29 is 18.3 Å². The lowest BCUT2D eigenvalue weighted by Crippen LogP contribution is -2.16. The van der Waals surface area contributed by atoms with E-state index in [1.165, 1.54) is 12.1 Å². The zero-order valence-corrected chi connectivity index (χ0v) is 12.4. The molecule has 1 heterocycles. The van der Waals surface area contributed by atoms with Crippen molar-refractivity contribution in [1.82, 2.24) is 10.2 Å². The van der Waals surface area contributed by atoms with Crippen LogP contribution in [-0.4, -0.2) is 29.7 Å². The normalized spacial score (nSPS) is 11.3. The molecule has 3 N–H and O–H groups in total. The van der Waals surface area contributed by atoms with Crippen molar-refractivity contribution in [3.05, 3.63) is 41.1 Å². The molecule has 0 fully saturated rings. The number of benzene rings is 1. The molecule has 0 saturated heterocycles. The molecule has 2 aromatic rings. The van der Waals surface area contributed by atoms with Gasteiger partial charge in [-0.25, -0.2) is 13.2 Å². The van der Waals surface area contributed by atoms with E-state index in [1.54, 1.807) is 13.1 Å². The van der Waals surface area contributed by atoms with Gasteiger partial charge >= 0.3 is 5.97 Å². The topological polar surface area (TPSA) is 112 Å². The van der Waals surface area contributed by atoms with Gasteiger partial charge in [-0.05, 0) is 31.0 Å². The predicted molar refractivity (Wildman–Crippen MR) is 76.9 cm³/mol. The van der Waals surface area contributed by atoms with Gasteiger partial charge < -0.3 is 5.11 Å². The highest BCUT2D eigenvalue weighted by Crippen LogP contribution is 2.21. The van der Waals surface area contributed by atoms with Crippen molar-refractivity contribution in [3.63, 3.8) is 0 Å². The average molecular weight is 309 g/mol. The van der Waals surface area contributed by atoms with Gasteiger partial charge in [0.05, 0.1) is 16.7 Å². The summed E-state index contributed by atoms with van der Waals surface area (Å²) in [7, 11) is -3.89. The third kappa shape index (κ3) is 3.05. The number of anilines is 1. The van der Waals surface area contributed by atoms with E-state index in [1.807, 2.05) is 6.92 Å². The molecule has 0 aliphatic rings. The molecule has 0 amide bonds. The number of aromatic amines is 1. The van der Waals surface area contributed by atoms with Gasteiger partial charge in [0.1, 0.15) is 5.82 Å². The number of aromatic nitrogens is 2. The Morgan fingerprint density at radius 1 is 1.43 bits per heavy atom. The van der Waals surface area contributed by atoms with Crippen molar-refractivity contribution >= 4 is 21.8 Å².